The molecule has 6 N–H and O–H groups in total. The molecular formula is C11H16O10. The van der Waals surface area contributed by atoms with E-state index >= 15 is 0 Å². The third-order valence-electron chi connectivity index (χ3n) is 1.33. The Kier molecular flexibility index (Phi) is 15.3. The van der Waals surface area contributed by atoms with Crippen LogP contribution in [0.25, 0.3) is 0 Å². The third-order valence-corrected chi connectivity index (χ3v) is 1.33. The lowest BCUT2D eigenvalue weighted by Crippen LogP contribution is -2.04. The van der Waals surface area contributed by atoms with Gasteiger partial charge in [0.25, 0.3) is 0 Å². The van der Waals surface area contributed by atoms with Gasteiger partial charge in [-0.3, -0.25) is 9.59 Å². The van der Waals surface area contributed by atoms with Crippen LogP contribution in [0.15, 0.2) is 24.3 Å². The molecule has 0 aliphatic carbocycles. The van der Waals surface area contributed by atoms with Crippen molar-refractivity contribution >= 4 is 23.9 Å². The van der Waals surface area contributed by atoms with Gasteiger partial charge >= 0.3 is 23.9 Å². The largest absolute Gasteiger partial charge is 0.481 e. The van der Waals surface area contributed by atoms with Crippen molar-refractivity contribution in [1.82, 2.24) is 0 Å². The van der Waals surface area contributed by atoms with Crippen LogP contribution in [-0.4, -0.2) is 61.3 Å². The van der Waals surface area contributed by atoms with E-state index < -0.39 is 43.5 Å². The van der Waals surface area contributed by atoms with Gasteiger partial charge in [-0.05, 0) is 0 Å². The second-order valence-electron chi connectivity index (χ2n) is 3.10. The normalized spacial score (nSPS) is 8.10. The summed E-state index contributed by atoms with van der Waals surface area (Å²) in [7, 11) is 0. The topological polar surface area (TPSA) is 190 Å². The number of hydrogen-bond donors (Lipinski definition) is 6. The highest BCUT2D eigenvalue weighted by molar-refractivity contribution is 5.91. The van der Waals surface area contributed by atoms with E-state index in [1.807, 2.05) is 0 Å². The van der Waals surface area contributed by atoms with Crippen molar-refractivity contribution in [2.75, 3.05) is 6.79 Å². The number of rotatable bonds is 6. The summed E-state index contributed by atoms with van der Waals surface area (Å²) in [5, 5.41) is 46.4. The zero-order chi connectivity index (χ0) is 17.6. The average molecular weight is 308 g/mol. The molecule has 0 radical (unpaired) electrons. The summed E-state index contributed by atoms with van der Waals surface area (Å²) in [5.41, 5.74) is -0.606. The SMILES string of the molecule is C=C(CC(=O)O)C(=O)O.C=C(CC(=O)O)C(=O)O.OCO. The Bertz CT molecular complexity index is 371. The third kappa shape index (κ3) is 22.9. The maximum Gasteiger partial charge on any atom is 0.331 e. The molecule has 0 heterocycles. The van der Waals surface area contributed by atoms with Gasteiger partial charge in [0.2, 0.25) is 0 Å². The average Bonchev–Trinajstić information content (AvgIpc) is 2.28. The van der Waals surface area contributed by atoms with E-state index in [-0.39, 0.29) is 11.1 Å². The van der Waals surface area contributed by atoms with Crippen LogP contribution in [0, 0.1) is 0 Å². The first-order valence-corrected chi connectivity index (χ1v) is 4.96. The first-order chi connectivity index (χ1) is 9.49. The maximum atomic E-state index is 9.87. The first-order valence-electron chi connectivity index (χ1n) is 4.96. The summed E-state index contributed by atoms with van der Waals surface area (Å²) < 4.78 is 0. The van der Waals surface area contributed by atoms with Crippen molar-refractivity contribution in [2.45, 2.75) is 12.8 Å². The molecule has 0 spiro atoms. The van der Waals surface area contributed by atoms with E-state index in [1.165, 1.54) is 0 Å². The minimum Gasteiger partial charge on any atom is -0.481 e. The molecule has 0 aliphatic rings. The molecular weight excluding hydrogens is 292 g/mol. The molecule has 0 aliphatic heterocycles. The van der Waals surface area contributed by atoms with E-state index in [0.717, 1.165) is 0 Å². The highest BCUT2D eigenvalue weighted by Crippen LogP contribution is 1.96. The van der Waals surface area contributed by atoms with Crippen molar-refractivity contribution in [3.63, 3.8) is 0 Å². The molecule has 0 amide bonds. The Morgan fingerprint density at radius 1 is 0.667 bits per heavy atom. The number of aliphatic carboxylic acids is 4. The van der Waals surface area contributed by atoms with Crippen LogP contribution in [-0.2, 0) is 19.2 Å². The Morgan fingerprint density at radius 2 is 0.857 bits per heavy atom. The number of aliphatic hydroxyl groups is 2. The molecule has 0 saturated carbocycles. The fourth-order valence-electron chi connectivity index (χ4n) is 0.516. The van der Waals surface area contributed by atoms with E-state index in [4.69, 9.17) is 30.6 Å². The smallest absolute Gasteiger partial charge is 0.331 e. The van der Waals surface area contributed by atoms with Crippen molar-refractivity contribution in [3.8, 4) is 0 Å². The summed E-state index contributed by atoms with van der Waals surface area (Å²) in [4.78, 5) is 39.3. The highest BCUT2D eigenvalue weighted by Gasteiger charge is 2.07. The monoisotopic (exact) mass is 308 g/mol. The van der Waals surface area contributed by atoms with Crippen LogP contribution in [0.5, 0.6) is 0 Å². The minimum absolute atomic E-state index is 0.303. The zero-order valence-corrected chi connectivity index (χ0v) is 10.9. The van der Waals surface area contributed by atoms with E-state index in [2.05, 4.69) is 13.2 Å². The van der Waals surface area contributed by atoms with Gasteiger partial charge in [-0.15, -0.1) is 0 Å². The van der Waals surface area contributed by atoms with E-state index in [0.29, 0.717) is 0 Å². The Morgan fingerprint density at radius 3 is 0.905 bits per heavy atom. The fourth-order valence-corrected chi connectivity index (χ4v) is 0.516. The second-order valence-corrected chi connectivity index (χ2v) is 3.10. The predicted molar refractivity (Wildman–Crippen MR) is 67.4 cm³/mol. The standard InChI is InChI=1S/2C5H6O4.CH4O2/c2*1-3(5(8)9)2-4(6)7;2-1-3/h2*1-2H2,(H,6,7)(H,8,9);2-3H,1H2. The van der Waals surface area contributed by atoms with Crippen LogP contribution in [0.4, 0.5) is 0 Å². The van der Waals surface area contributed by atoms with Gasteiger partial charge in [0.1, 0.15) is 6.79 Å². The Balaban J connectivity index is -0.000000260. The molecule has 0 atom stereocenters. The molecule has 0 fully saturated rings. The van der Waals surface area contributed by atoms with Gasteiger partial charge in [-0.1, -0.05) is 13.2 Å². The number of carboxylic acids is 4. The van der Waals surface area contributed by atoms with Crippen molar-refractivity contribution in [1.29, 1.82) is 0 Å². The predicted octanol–water partition coefficient (Wildman–Crippen LogP) is -0.868. The molecule has 120 valence electrons. The summed E-state index contributed by atoms with van der Waals surface area (Å²) in [5.74, 6) is -4.89. The molecule has 0 unspecified atom stereocenters. The lowest BCUT2D eigenvalue weighted by atomic mass is 10.2. The summed E-state index contributed by atoms with van der Waals surface area (Å²) in [6.07, 6.45) is -1.01. The van der Waals surface area contributed by atoms with Gasteiger partial charge in [-0.25, -0.2) is 9.59 Å². The number of aliphatic hydroxyl groups excluding tert-OH is 1. The van der Waals surface area contributed by atoms with Crippen LogP contribution in [0.1, 0.15) is 12.8 Å². The van der Waals surface area contributed by atoms with Crippen LogP contribution < -0.4 is 0 Å². The maximum absolute atomic E-state index is 9.87. The second kappa shape index (κ2) is 13.7. The Hall–Kier alpha value is -2.72. The quantitative estimate of drug-likeness (QED) is 0.265. The van der Waals surface area contributed by atoms with Crippen molar-refractivity contribution < 1.29 is 49.8 Å². The van der Waals surface area contributed by atoms with Crippen molar-refractivity contribution in [2.24, 2.45) is 0 Å². The number of carbonyl (C=O) groups is 4. The number of hydrogen-bond acceptors (Lipinski definition) is 6. The van der Waals surface area contributed by atoms with E-state index in [1.54, 1.807) is 0 Å². The minimum atomic E-state index is -1.27. The molecule has 0 saturated heterocycles. The lowest BCUT2D eigenvalue weighted by Gasteiger charge is -1.91. The van der Waals surface area contributed by atoms with Crippen LogP contribution in [0.2, 0.25) is 0 Å². The number of carboxylic acid groups (broad SMARTS) is 4. The highest BCUT2D eigenvalue weighted by atomic mass is 16.5. The summed E-state index contributed by atoms with van der Waals surface area (Å²) >= 11 is 0. The van der Waals surface area contributed by atoms with Gasteiger partial charge < -0.3 is 30.6 Å². The molecule has 10 nitrogen and oxygen atoms in total. The molecule has 0 aromatic carbocycles. The fraction of sp³-hybridized carbons (Fsp3) is 0.273. The first kappa shape index (κ1) is 23.4. The zero-order valence-electron chi connectivity index (χ0n) is 10.9. The van der Waals surface area contributed by atoms with Crippen LogP contribution >= 0.6 is 0 Å². The van der Waals surface area contributed by atoms with Gasteiger partial charge in [-0.2, -0.15) is 0 Å². The molecule has 0 aromatic heterocycles. The molecule has 0 aromatic rings. The molecule has 0 bridgehead atoms. The molecule has 0 rings (SSSR count). The summed E-state index contributed by atoms with van der Waals surface area (Å²) in [6.45, 7) is 5.28. The van der Waals surface area contributed by atoms with Gasteiger partial charge in [0.05, 0.1) is 12.8 Å². The van der Waals surface area contributed by atoms with E-state index in [9.17, 15) is 19.2 Å². The van der Waals surface area contributed by atoms with Crippen LogP contribution in [0.3, 0.4) is 0 Å². The lowest BCUT2D eigenvalue weighted by molar-refractivity contribution is -0.139. The van der Waals surface area contributed by atoms with Crippen molar-refractivity contribution in [3.05, 3.63) is 24.3 Å². The Labute approximate surface area is 118 Å². The molecule has 21 heavy (non-hydrogen) atoms. The van der Waals surface area contributed by atoms with Gasteiger partial charge in [0, 0.05) is 11.1 Å². The molecule has 10 heteroatoms. The summed E-state index contributed by atoms with van der Waals surface area (Å²) in [6, 6.07) is 0. The van der Waals surface area contributed by atoms with Gasteiger partial charge in [0.15, 0.2) is 0 Å².